The van der Waals surface area contributed by atoms with Gasteiger partial charge in [-0.25, -0.2) is 0 Å². The lowest BCUT2D eigenvalue weighted by molar-refractivity contribution is 0.373. The summed E-state index contributed by atoms with van der Waals surface area (Å²) in [6.07, 6.45) is 5.56. The third-order valence-electron chi connectivity index (χ3n) is 4.00. The molecule has 0 radical (unpaired) electrons. The monoisotopic (exact) mass is 275 g/mol. The van der Waals surface area contributed by atoms with Crippen LogP contribution in [0.4, 0.5) is 5.82 Å². The van der Waals surface area contributed by atoms with Crippen LogP contribution in [0.25, 0.3) is 5.65 Å². The normalized spacial score (nSPS) is 23.1. The van der Waals surface area contributed by atoms with Crippen LogP contribution in [0.15, 0.2) is 12.1 Å². The summed E-state index contributed by atoms with van der Waals surface area (Å²) in [7, 11) is 0. The van der Waals surface area contributed by atoms with Gasteiger partial charge in [-0.15, -0.1) is 14.8 Å². The third kappa shape index (κ3) is 2.58. The van der Waals surface area contributed by atoms with Crippen molar-refractivity contribution in [2.75, 3.05) is 11.4 Å². The zero-order chi connectivity index (χ0) is 13.9. The van der Waals surface area contributed by atoms with Crippen LogP contribution in [0, 0.1) is 0 Å². The summed E-state index contributed by atoms with van der Waals surface area (Å²) in [4.78, 5) is 2.38. The molecular weight excluding hydrogens is 254 g/mol. The number of nitrogens with two attached hydrogens (primary N) is 1. The summed E-state index contributed by atoms with van der Waals surface area (Å²) < 4.78 is 1.49. The van der Waals surface area contributed by atoms with E-state index in [0.717, 1.165) is 44.5 Å². The standard InChI is InChI=1S/C13H21N7/c1-2-9-19(11-5-3-10(14)4-6-11)13-8-7-12-15-17-18-20(12)16-13/h7-8,10-11H,2-6,9,14H2,1H3. The second kappa shape index (κ2) is 5.70. The Labute approximate surface area is 118 Å². The van der Waals surface area contributed by atoms with Gasteiger partial charge in [0.2, 0.25) is 0 Å². The van der Waals surface area contributed by atoms with Crippen molar-refractivity contribution in [2.24, 2.45) is 5.73 Å². The van der Waals surface area contributed by atoms with Crippen LogP contribution in [0.2, 0.25) is 0 Å². The quantitative estimate of drug-likeness (QED) is 0.896. The fraction of sp³-hybridized carbons (Fsp3) is 0.692. The summed E-state index contributed by atoms with van der Waals surface area (Å²) in [6.45, 7) is 3.19. The van der Waals surface area contributed by atoms with Crippen molar-refractivity contribution < 1.29 is 0 Å². The van der Waals surface area contributed by atoms with Gasteiger partial charge in [0.05, 0.1) is 0 Å². The molecule has 3 rings (SSSR count). The predicted octanol–water partition coefficient (Wildman–Crippen LogP) is 1.01. The van der Waals surface area contributed by atoms with Crippen molar-refractivity contribution in [1.82, 2.24) is 25.3 Å². The summed E-state index contributed by atoms with van der Waals surface area (Å²) in [6, 6.07) is 4.82. The number of hydrogen-bond acceptors (Lipinski definition) is 6. The molecule has 0 bridgehead atoms. The molecule has 7 nitrogen and oxygen atoms in total. The maximum absolute atomic E-state index is 6.01. The van der Waals surface area contributed by atoms with Crippen molar-refractivity contribution in [3.63, 3.8) is 0 Å². The van der Waals surface area contributed by atoms with Gasteiger partial charge in [-0.1, -0.05) is 6.92 Å². The van der Waals surface area contributed by atoms with Gasteiger partial charge in [-0.2, -0.15) is 0 Å². The SMILES string of the molecule is CCCN(c1ccc2nnnn2n1)C1CCC(N)CC1. The van der Waals surface area contributed by atoms with E-state index in [-0.39, 0.29) is 0 Å². The average molecular weight is 275 g/mol. The first kappa shape index (κ1) is 13.2. The van der Waals surface area contributed by atoms with E-state index in [1.165, 1.54) is 4.63 Å². The van der Waals surface area contributed by atoms with Crippen molar-refractivity contribution >= 4 is 11.5 Å². The minimum Gasteiger partial charge on any atom is -0.352 e. The minimum atomic E-state index is 0.365. The maximum Gasteiger partial charge on any atom is 0.200 e. The molecule has 2 aromatic heterocycles. The fourth-order valence-corrected chi connectivity index (χ4v) is 2.93. The third-order valence-corrected chi connectivity index (χ3v) is 4.00. The number of anilines is 1. The van der Waals surface area contributed by atoms with Gasteiger partial charge >= 0.3 is 0 Å². The van der Waals surface area contributed by atoms with Gasteiger partial charge in [0.15, 0.2) is 11.5 Å². The van der Waals surface area contributed by atoms with Crippen LogP contribution < -0.4 is 10.6 Å². The van der Waals surface area contributed by atoms with E-state index in [9.17, 15) is 0 Å². The molecule has 7 heteroatoms. The highest BCUT2D eigenvalue weighted by molar-refractivity contribution is 5.45. The van der Waals surface area contributed by atoms with Crippen LogP contribution in [0.5, 0.6) is 0 Å². The Morgan fingerprint density at radius 1 is 1.30 bits per heavy atom. The van der Waals surface area contributed by atoms with E-state index in [4.69, 9.17) is 5.73 Å². The second-order valence-corrected chi connectivity index (χ2v) is 5.48. The molecule has 0 aliphatic heterocycles. The number of fused-ring (bicyclic) bond motifs is 1. The predicted molar refractivity (Wildman–Crippen MR) is 76.4 cm³/mol. The second-order valence-electron chi connectivity index (χ2n) is 5.48. The van der Waals surface area contributed by atoms with Gasteiger partial charge in [0, 0.05) is 18.6 Å². The van der Waals surface area contributed by atoms with Crippen LogP contribution >= 0.6 is 0 Å². The smallest absolute Gasteiger partial charge is 0.200 e. The van der Waals surface area contributed by atoms with Gasteiger partial charge in [-0.05, 0) is 54.7 Å². The Balaban J connectivity index is 1.85. The van der Waals surface area contributed by atoms with Gasteiger partial charge < -0.3 is 10.6 Å². The van der Waals surface area contributed by atoms with E-state index in [2.05, 4.69) is 32.4 Å². The number of rotatable bonds is 4. The van der Waals surface area contributed by atoms with Gasteiger partial charge in [0.25, 0.3) is 0 Å². The molecule has 2 heterocycles. The molecule has 1 fully saturated rings. The molecule has 108 valence electrons. The van der Waals surface area contributed by atoms with Crippen LogP contribution in [0.3, 0.4) is 0 Å². The molecule has 0 saturated heterocycles. The van der Waals surface area contributed by atoms with Crippen molar-refractivity contribution in [2.45, 2.75) is 51.1 Å². The molecule has 0 amide bonds. The molecule has 20 heavy (non-hydrogen) atoms. The van der Waals surface area contributed by atoms with E-state index >= 15 is 0 Å². The van der Waals surface area contributed by atoms with Crippen LogP contribution in [-0.4, -0.2) is 43.9 Å². The highest BCUT2D eigenvalue weighted by Crippen LogP contribution is 2.26. The Kier molecular flexibility index (Phi) is 3.77. The molecular formula is C13H21N7. The lowest BCUT2D eigenvalue weighted by Crippen LogP contribution is -2.42. The first-order chi connectivity index (χ1) is 9.78. The average Bonchev–Trinajstić information content (AvgIpc) is 2.93. The number of tetrazole rings is 1. The summed E-state index contributed by atoms with van der Waals surface area (Å²) in [5.41, 5.74) is 6.68. The number of hydrogen-bond donors (Lipinski definition) is 1. The zero-order valence-corrected chi connectivity index (χ0v) is 11.8. The molecule has 2 N–H and O–H groups in total. The van der Waals surface area contributed by atoms with Gasteiger partial charge in [0.1, 0.15) is 0 Å². The molecule has 2 aromatic rings. The van der Waals surface area contributed by atoms with E-state index in [1.807, 2.05) is 12.1 Å². The highest BCUT2D eigenvalue weighted by atomic mass is 15.6. The molecule has 1 aliphatic rings. The van der Waals surface area contributed by atoms with Crippen molar-refractivity contribution in [1.29, 1.82) is 0 Å². The molecule has 1 aliphatic carbocycles. The molecule has 0 aromatic carbocycles. The first-order valence-electron chi connectivity index (χ1n) is 7.35. The highest BCUT2D eigenvalue weighted by Gasteiger charge is 2.25. The summed E-state index contributed by atoms with van der Waals surface area (Å²) in [5.74, 6) is 0.951. The number of aromatic nitrogens is 5. The van der Waals surface area contributed by atoms with Crippen LogP contribution in [-0.2, 0) is 0 Å². The lowest BCUT2D eigenvalue weighted by Gasteiger charge is -2.36. The maximum atomic E-state index is 6.01. The Bertz CT molecular complexity index is 559. The Hall–Kier alpha value is -1.76. The Morgan fingerprint density at radius 2 is 2.10 bits per heavy atom. The van der Waals surface area contributed by atoms with Crippen LogP contribution in [0.1, 0.15) is 39.0 Å². The topological polar surface area (TPSA) is 85.2 Å². The van der Waals surface area contributed by atoms with E-state index < -0.39 is 0 Å². The van der Waals surface area contributed by atoms with Crippen molar-refractivity contribution in [3.05, 3.63) is 12.1 Å². The first-order valence-corrected chi connectivity index (χ1v) is 7.35. The van der Waals surface area contributed by atoms with Gasteiger partial charge in [-0.3, -0.25) is 0 Å². The minimum absolute atomic E-state index is 0.365. The Morgan fingerprint density at radius 3 is 2.85 bits per heavy atom. The zero-order valence-electron chi connectivity index (χ0n) is 11.8. The lowest BCUT2D eigenvalue weighted by atomic mass is 9.90. The van der Waals surface area contributed by atoms with Crippen molar-refractivity contribution in [3.8, 4) is 0 Å². The summed E-state index contributed by atoms with van der Waals surface area (Å²) >= 11 is 0. The largest absolute Gasteiger partial charge is 0.352 e. The number of nitrogens with zero attached hydrogens (tertiary/aromatic N) is 6. The van der Waals surface area contributed by atoms with E-state index in [0.29, 0.717) is 17.7 Å². The summed E-state index contributed by atoms with van der Waals surface area (Å²) in [5, 5.41) is 15.9. The molecule has 1 saturated carbocycles. The molecule has 0 unspecified atom stereocenters. The van der Waals surface area contributed by atoms with E-state index in [1.54, 1.807) is 0 Å². The molecule has 0 atom stereocenters. The molecule has 0 spiro atoms. The fourth-order valence-electron chi connectivity index (χ4n) is 2.93.